The number of carbonyl (C=O) groups excluding carboxylic acids is 1. The van der Waals surface area contributed by atoms with E-state index in [1.54, 1.807) is 19.0 Å². The number of amides is 1. The van der Waals surface area contributed by atoms with Gasteiger partial charge in [-0.1, -0.05) is 42.5 Å². The van der Waals surface area contributed by atoms with Gasteiger partial charge in [-0.3, -0.25) is 14.7 Å². The summed E-state index contributed by atoms with van der Waals surface area (Å²) >= 11 is 1.37. The van der Waals surface area contributed by atoms with Crippen LogP contribution in [0.1, 0.15) is 18.1 Å². The van der Waals surface area contributed by atoms with Gasteiger partial charge in [0.1, 0.15) is 6.61 Å². The summed E-state index contributed by atoms with van der Waals surface area (Å²) in [6.45, 7) is 2.91. The summed E-state index contributed by atoms with van der Waals surface area (Å²) in [5.41, 5.74) is 1.97. The Bertz CT molecular complexity index is 1190. The van der Waals surface area contributed by atoms with E-state index in [2.05, 4.69) is 35.3 Å². The van der Waals surface area contributed by atoms with Gasteiger partial charge in [-0.05, 0) is 64.9 Å². The van der Waals surface area contributed by atoms with Crippen LogP contribution in [-0.4, -0.2) is 36.7 Å². The molecule has 1 amide bonds. The van der Waals surface area contributed by atoms with Crippen molar-refractivity contribution in [3.8, 4) is 11.5 Å². The first-order valence-corrected chi connectivity index (χ1v) is 10.9. The maximum Gasteiger partial charge on any atom is 0.266 e. The Morgan fingerprint density at radius 1 is 1.00 bits per heavy atom. The molecule has 1 saturated heterocycles. The second-order valence-electron chi connectivity index (χ2n) is 7.09. The third kappa shape index (κ3) is 4.59. The molecule has 0 N–H and O–H groups in total. The number of fused-ring (bicyclic) bond motifs is 1. The van der Waals surface area contributed by atoms with Gasteiger partial charge in [-0.15, -0.1) is 0 Å². The molecular weight excluding hydrogens is 408 g/mol. The summed E-state index contributed by atoms with van der Waals surface area (Å²) in [5, 5.41) is 3.09. The Morgan fingerprint density at radius 3 is 2.55 bits per heavy atom. The van der Waals surface area contributed by atoms with Gasteiger partial charge in [-0.2, -0.15) is 0 Å². The molecule has 1 heterocycles. The highest BCUT2D eigenvalue weighted by Crippen LogP contribution is 2.34. The molecule has 0 aromatic heterocycles. The van der Waals surface area contributed by atoms with E-state index in [1.165, 1.54) is 22.5 Å². The fourth-order valence-electron chi connectivity index (χ4n) is 3.39. The molecular formula is C25H24N2O3S. The SMILES string of the molecule is CCOc1cc(/C=C2/SC(=NC)N(C)C2=O)ccc1OCc1ccc2ccccc2c1. The van der Waals surface area contributed by atoms with E-state index in [4.69, 9.17) is 9.47 Å². The fourth-order valence-corrected chi connectivity index (χ4v) is 4.32. The number of hydrogen-bond acceptors (Lipinski definition) is 5. The Hall–Kier alpha value is -3.25. The number of carbonyl (C=O) groups is 1. The first-order valence-electron chi connectivity index (χ1n) is 10.1. The molecule has 6 heteroatoms. The van der Waals surface area contributed by atoms with Crippen LogP contribution in [0, 0.1) is 0 Å². The van der Waals surface area contributed by atoms with E-state index in [0.29, 0.717) is 34.8 Å². The van der Waals surface area contributed by atoms with Gasteiger partial charge >= 0.3 is 0 Å². The van der Waals surface area contributed by atoms with Crippen molar-refractivity contribution in [2.45, 2.75) is 13.5 Å². The van der Waals surface area contributed by atoms with Crippen molar-refractivity contribution in [2.24, 2.45) is 4.99 Å². The van der Waals surface area contributed by atoms with Crippen molar-refractivity contribution in [1.29, 1.82) is 0 Å². The quantitative estimate of drug-likeness (QED) is 0.493. The molecule has 5 nitrogen and oxygen atoms in total. The summed E-state index contributed by atoms with van der Waals surface area (Å²) in [7, 11) is 3.41. The zero-order valence-corrected chi connectivity index (χ0v) is 18.6. The molecule has 0 spiro atoms. The largest absolute Gasteiger partial charge is 0.490 e. The first-order chi connectivity index (χ1) is 15.1. The average molecular weight is 433 g/mol. The van der Waals surface area contributed by atoms with Crippen molar-refractivity contribution in [2.75, 3.05) is 20.7 Å². The maximum absolute atomic E-state index is 12.4. The van der Waals surface area contributed by atoms with E-state index in [1.807, 2.05) is 43.3 Å². The van der Waals surface area contributed by atoms with Crippen LogP contribution in [0.3, 0.4) is 0 Å². The van der Waals surface area contributed by atoms with Crippen molar-refractivity contribution in [3.63, 3.8) is 0 Å². The lowest BCUT2D eigenvalue weighted by molar-refractivity contribution is -0.121. The van der Waals surface area contributed by atoms with Crippen LogP contribution in [0.4, 0.5) is 0 Å². The highest BCUT2D eigenvalue weighted by molar-refractivity contribution is 8.18. The molecule has 0 aliphatic carbocycles. The number of ether oxygens (including phenoxy) is 2. The molecule has 3 aromatic rings. The van der Waals surface area contributed by atoms with Crippen molar-refractivity contribution in [1.82, 2.24) is 4.90 Å². The molecule has 0 saturated carbocycles. The zero-order chi connectivity index (χ0) is 21.8. The lowest BCUT2D eigenvalue weighted by Crippen LogP contribution is -2.23. The number of aliphatic imine (C=N–C) groups is 1. The van der Waals surface area contributed by atoms with Gasteiger partial charge in [0.2, 0.25) is 0 Å². The van der Waals surface area contributed by atoms with Crippen molar-refractivity contribution >= 4 is 39.7 Å². The topological polar surface area (TPSA) is 51.1 Å². The number of nitrogens with zero attached hydrogens (tertiary/aromatic N) is 2. The van der Waals surface area contributed by atoms with Crippen LogP contribution in [-0.2, 0) is 11.4 Å². The minimum atomic E-state index is -0.0554. The van der Waals surface area contributed by atoms with Crippen molar-refractivity contribution < 1.29 is 14.3 Å². The third-order valence-corrected chi connectivity index (χ3v) is 6.12. The Kier molecular flexibility index (Phi) is 6.28. The van der Waals surface area contributed by atoms with Gasteiger partial charge in [0.15, 0.2) is 16.7 Å². The highest BCUT2D eigenvalue weighted by atomic mass is 32.2. The van der Waals surface area contributed by atoms with Crippen LogP contribution in [0.15, 0.2) is 70.6 Å². The van der Waals surface area contributed by atoms with Gasteiger partial charge in [0.25, 0.3) is 5.91 Å². The smallest absolute Gasteiger partial charge is 0.266 e. The standard InChI is InChI=1S/C25H24N2O3S/c1-4-29-22-14-17(15-23-24(28)27(3)25(26-2)31-23)10-12-21(22)30-16-18-9-11-19-7-5-6-8-20(19)13-18/h5-15H,4,16H2,1-3H3/b23-15+,26-25?. The number of thioether (sulfide) groups is 1. The molecule has 1 aliphatic rings. The third-order valence-electron chi connectivity index (χ3n) is 4.97. The lowest BCUT2D eigenvalue weighted by Gasteiger charge is -2.13. The Balaban J connectivity index is 1.54. The minimum absolute atomic E-state index is 0.0554. The molecule has 31 heavy (non-hydrogen) atoms. The summed E-state index contributed by atoms with van der Waals surface area (Å²) in [6.07, 6.45) is 1.86. The van der Waals surface area contributed by atoms with E-state index < -0.39 is 0 Å². The van der Waals surface area contributed by atoms with E-state index in [9.17, 15) is 4.79 Å². The summed E-state index contributed by atoms with van der Waals surface area (Å²) < 4.78 is 11.9. The Morgan fingerprint density at radius 2 is 1.81 bits per heavy atom. The molecule has 0 atom stereocenters. The predicted octanol–water partition coefficient (Wildman–Crippen LogP) is 5.35. The number of rotatable bonds is 6. The average Bonchev–Trinajstić information content (AvgIpc) is 3.06. The highest BCUT2D eigenvalue weighted by Gasteiger charge is 2.29. The summed E-state index contributed by atoms with van der Waals surface area (Å²) in [4.78, 5) is 18.7. The second-order valence-corrected chi connectivity index (χ2v) is 8.10. The number of amidine groups is 1. The molecule has 158 valence electrons. The molecule has 0 radical (unpaired) electrons. The van der Waals surface area contributed by atoms with E-state index >= 15 is 0 Å². The van der Waals surface area contributed by atoms with Crippen LogP contribution >= 0.6 is 11.8 Å². The molecule has 4 rings (SSSR count). The van der Waals surface area contributed by atoms with E-state index in [0.717, 1.165) is 11.1 Å². The normalized spacial score (nSPS) is 16.5. The molecule has 1 aliphatic heterocycles. The van der Waals surface area contributed by atoms with E-state index in [-0.39, 0.29) is 5.91 Å². The molecule has 1 fully saturated rings. The van der Waals surface area contributed by atoms with Crippen molar-refractivity contribution in [3.05, 3.63) is 76.7 Å². The fraction of sp³-hybridized carbons (Fsp3) is 0.200. The number of hydrogen-bond donors (Lipinski definition) is 0. The van der Waals surface area contributed by atoms with Crippen LogP contribution < -0.4 is 9.47 Å². The Labute approximate surface area is 186 Å². The summed E-state index contributed by atoms with van der Waals surface area (Å²) in [6, 6.07) is 20.3. The maximum atomic E-state index is 12.4. The molecule has 0 unspecified atom stereocenters. The van der Waals surface area contributed by atoms with Crippen LogP contribution in [0.5, 0.6) is 11.5 Å². The monoisotopic (exact) mass is 432 g/mol. The molecule has 0 bridgehead atoms. The second kappa shape index (κ2) is 9.27. The number of benzene rings is 3. The van der Waals surface area contributed by atoms with Gasteiger partial charge in [0.05, 0.1) is 11.5 Å². The molecule has 3 aromatic carbocycles. The zero-order valence-electron chi connectivity index (χ0n) is 17.8. The van der Waals surface area contributed by atoms with Crippen LogP contribution in [0.25, 0.3) is 16.8 Å². The summed E-state index contributed by atoms with van der Waals surface area (Å²) in [5.74, 6) is 1.28. The number of likely N-dealkylation sites (N-methyl/N-ethyl adjacent to an activating group) is 1. The van der Waals surface area contributed by atoms with Gasteiger partial charge in [-0.25, -0.2) is 0 Å². The lowest BCUT2D eigenvalue weighted by atomic mass is 10.1. The minimum Gasteiger partial charge on any atom is -0.490 e. The van der Waals surface area contributed by atoms with Gasteiger partial charge < -0.3 is 9.47 Å². The van der Waals surface area contributed by atoms with Crippen LogP contribution in [0.2, 0.25) is 0 Å². The predicted molar refractivity (Wildman–Crippen MR) is 128 cm³/mol. The first kappa shape index (κ1) is 21.0. The van der Waals surface area contributed by atoms with Gasteiger partial charge in [0, 0.05) is 14.1 Å².